The highest BCUT2D eigenvalue weighted by Gasteiger charge is 2.29. The van der Waals surface area contributed by atoms with Crippen LogP contribution in [0.4, 0.5) is 11.6 Å². The van der Waals surface area contributed by atoms with Crippen LogP contribution in [0.15, 0.2) is 55.4 Å². The summed E-state index contributed by atoms with van der Waals surface area (Å²) in [5, 5.41) is 11.0. The minimum absolute atomic E-state index is 0.0275. The highest BCUT2D eigenvalue weighted by atomic mass is 16.6. The van der Waals surface area contributed by atoms with Crippen LogP contribution in [0.5, 0.6) is 0 Å². The molecule has 0 unspecified atom stereocenters. The summed E-state index contributed by atoms with van der Waals surface area (Å²) in [6, 6.07) is 8.18. The second kappa shape index (κ2) is 9.07. The maximum atomic E-state index is 13.0. The van der Waals surface area contributed by atoms with Crippen molar-refractivity contribution >= 4 is 17.5 Å². The van der Waals surface area contributed by atoms with Gasteiger partial charge in [0, 0.05) is 56.6 Å². The highest BCUT2D eigenvalue weighted by Crippen LogP contribution is 2.23. The van der Waals surface area contributed by atoms with Gasteiger partial charge in [0.25, 0.3) is 5.69 Å². The molecule has 0 bridgehead atoms. The molecule has 0 aliphatic carbocycles. The maximum absolute atomic E-state index is 13.0. The molecule has 0 radical (unpaired) electrons. The number of piperidine rings is 1. The van der Waals surface area contributed by atoms with Gasteiger partial charge in [-0.05, 0) is 24.5 Å². The normalized spacial score (nSPS) is 14.5. The number of hydrogen-bond acceptors (Lipinski definition) is 6. The largest absolute Gasteiger partial charge is 0.341 e. The molecule has 1 aromatic carbocycles. The van der Waals surface area contributed by atoms with E-state index in [1.807, 2.05) is 0 Å². The predicted octanol–water partition coefficient (Wildman–Crippen LogP) is 2.82. The topological polar surface area (TPSA) is 92.5 Å². The smallest absolute Gasteiger partial charge is 0.269 e. The number of amides is 1. The lowest BCUT2D eigenvalue weighted by Crippen LogP contribution is -2.43. The summed E-state index contributed by atoms with van der Waals surface area (Å²) in [7, 11) is 0. The van der Waals surface area contributed by atoms with Crippen molar-refractivity contribution in [3.8, 4) is 0 Å². The minimum Gasteiger partial charge on any atom is -0.341 e. The van der Waals surface area contributed by atoms with Crippen LogP contribution in [-0.2, 0) is 11.3 Å². The third-order valence-electron chi connectivity index (χ3n) is 4.84. The van der Waals surface area contributed by atoms with Gasteiger partial charge in [-0.1, -0.05) is 18.2 Å². The van der Waals surface area contributed by atoms with E-state index in [0.29, 0.717) is 19.0 Å². The van der Waals surface area contributed by atoms with Crippen molar-refractivity contribution in [3.05, 3.63) is 71.1 Å². The fourth-order valence-corrected chi connectivity index (χ4v) is 3.42. The molecule has 1 aliphatic heterocycles. The van der Waals surface area contributed by atoms with Gasteiger partial charge in [-0.25, -0.2) is 9.97 Å². The monoisotopic (exact) mass is 381 g/mol. The first-order valence-corrected chi connectivity index (χ1v) is 9.23. The van der Waals surface area contributed by atoms with Crippen molar-refractivity contribution in [1.82, 2.24) is 14.9 Å². The number of anilines is 1. The number of nitro groups is 1. The first-order valence-electron chi connectivity index (χ1n) is 9.23. The summed E-state index contributed by atoms with van der Waals surface area (Å²) in [5.74, 6) is 0.659. The van der Waals surface area contributed by atoms with Gasteiger partial charge in [0.2, 0.25) is 11.9 Å². The molecule has 0 spiro atoms. The Morgan fingerprint density at radius 3 is 2.64 bits per heavy atom. The van der Waals surface area contributed by atoms with Crippen molar-refractivity contribution in [3.63, 3.8) is 0 Å². The lowest BCUT2D eigenvalue weighted by atomic mass is 9.95. The van der Waals surface area contributed by atoms with Crippen LogP contribution >= 0.6 is 0 Å². The van der Waals surface area contributed by atoms with E-state index in [0.717, 1.165) is 31.5 Å². The zero-order valence-corrected chi connectivity index (χ0v) is 15.6. The molecule has 2 aromatic rings. The zero-order chi connectivity index (χ0) is 19.9. The van der Waals surface area contributed by atoms with Crippen LogP contribution in [0, 0.1) is 16.0 Å². The Morgan fingerprint density at radius 1 is 1.29 bits per heavy atom. The lowest BCUT2D eigenvalue weighted by Gasteiger charge is -2.34. The molecule has 1 fully saturated rings. The Bertz CT molecular complexity index is 835. The van der Waals surface area contributed by atoms with E-state index in [4.69, 9.17) is 0 Å². The van der Waals surface area contributed by atoms with Gasteiger partial charge < -0.3 is 9.80 Å². The Balaban J connectivity index is 1.64. The number of hydrogen-bond donors (Lipinski definition) is 0. The summed E-state index contributed by atoms with van der Waals surface area (Å²) >= 11 is 0. The fraction of sp³-hybridized carbons (Fsp3) is 0.350. The minimum atomic E-state index is -0.426. The maximum Gasteiger partial charge on any atom is 0.269 e. The Hall–Kier alpha value is -3.29. The lowest BCUT2D eigenvalue weighted by molar-refractivity contribution is -0.384. The number of nitrogens with zero attached hydrogens (tertiary/aromatic N) is 5. The van der Waals surface area contributed by atoms with Crippen molar-refractivity contribution in [2.24, 2.45) is 5.92 Å². The van der Waals surface area contributed by atoms with Crippen LogP contribution in [0.3, 0.4) is 0 Å². The van der Waals surface area contributed by atoms with E-state index in [-0.39, 0.29) is 17.5 Å². The van der Waals surface area contributed by atoms with Crippen molar-refractivity contribution in [1.29, 1.82) is 0 Å². The highest BCUT2D eigenvalue weighted by molar-refractivity contribution is 5.79. The fourth-order valence-electron chi connectivity index (χ4n) is 3.42. The van der Waals surface area contributed by atoms with Crippen molar-refractivity contribution in [2.75, 3.05) is 24.5 Å². The number of benzene rings is 1. The molecule has 2 heterocycles. The number of aromatic nitrogens is 2. The van der Waals surface area contributed by atoms with Crippen LogP contribution in [-0.4, -0.2) is 45.3 Å². The van der Waals surface area contributed by atoms with Crippen LogP contribution < -0.4 is 4.90 Å². The SMILES string of the molecule is C=CCN(Cc1cccc([N+](=O)[O-])c1)C(=O)C1CCN(c2ncccn2)CC1. The second-order valence-electron chi connectivity index (χ2n) is 6.74. The van der Waals surface area contributed by atoms with Gasteiger partial charge in [-0.3, -0.25) is 14.9 Å². The molecule has 1 aliphatic rings. The van der Waals surface area contributed by atoms with E-state index < -0.39 is 4.92 Å². The molecule has 0 saturated carbocycles. The standard InChI is InChI=1S/C20H23N5O3/c1-2-11-24(15-16-5-3-6-18(14-16)25(27)28)19(26)17-7-12-23(13-8-17)20-21-9-4-10-22-20/h2-6,9-10,14,17H,1,7-8,11-13,15H2. The van der Waals surface area contributed by atoms with E-state index in [9.17, 15) is 14.9 Å². The first-order chi connectivity index (χ1) is 13.6. The molecule has 1 saturated heterocycles. The molecular formula is C20H23N5O3. The van der Waals surface area contributed by atoms with Crippen molar-refractivity contribution < 1.29 is 9.72 Å². The molecule has 146 valence electrons. The van der Waals surface area contributed by atoms with E-state index in [1.165, 1.54) is 12.1 Å². The summed E-state index contributed by atoms with van der Waals surface area (Å²) in [6.45, 7) is 5.92. The van der Waals surface area contributed by atoms with E-state index in [2.05, 4.69) is 21.4 Å². The zero-order valence-electron chi connectivity index (χ0n) is 15.6. The molecule has 28 heavy (non-hydrogen) atoms. The first kappa shape index (κ1) is 19.5. The molecule has 1 amide bonds. The molecule has 1 aromatic heterocycles. The van der Waals surface area contributed by atoms with Crippen LogP contribution in [0.1, 0.15) is 18.4 Å². The molecule has 0 N–H and O–H groups in total. The van der Waals surface area contributed by atoms with Crippen LogP contribution in [0.2, 0.25) is 0 Å². The summed E-state index contributed by atoms with van der Waals surface area (Å²) in [5.41, 5.74) is 0.763. The molecular weight excluding hydrogens is 358 g/mol. The number of rotatable bonds is 7. The third-order valence-corrected chi connectivity index (χ3v) is 4.84. The van der Waals surface area contributed by atoms with Crippen LogP contribution in [0.25, 0.3) is 0 Å². The van der Waals surface area contributed by atoms with Gasteiger partial charge in [0.15, 0.2) is 0 Å². The van der Waals surface area contributed by atoms with Gasteiger partial charge >= 0.3 is 0 Å². The number of non-ortho nitro benzene ring substituents is 1. The van der Waals surface area contributed by atoms with Gasteiger partial charge in [0.05, 0.1) is 4.92 Å². The average molecular weight is 381 g/mol. The van der Waals surface area contributed by atoms with Crippen molar-refractivity contribution in [2.45, 2.75) is 19.4 Å². The Kier molecular flexibility index (Phi) is 6.31. The number of nitro benzene ring substituents is 1. The predicted molar refractivity (Wildman–Crippen MR) is 106 cm³/mol. The Labute approximate surface area is 163 Å². The second-order valence-corrected chi connectivity index (χ2v) is 6.74. The Morgan fingerprint density at radius 2 is 2.00 bits per heavy atom. The summed E-state index contributed by atoms with van der Waals surface area (Å²) in [6.07, 6.45) is 6.55. The molecule has 0 atom stereocenters. The van der Waals surface area contributed by atoms with Gasteiger partial charge in [0.1, 0.15) is 0 Å². The third kappa shape index (κ3) is 4.70. The molecule has 3 rings (SSSR count). The average Bonchev–Trinajstić information content (AvgIpc) is 2.74. The number of carbonyl (C=O) groups excluding carboxylic acids is 1. The van der Waals surface area contributed by atoms with E-state index >= 15 is 0 Å². The quantitative estimate of drug-likeness (QED) is 0.416. The summed E-state index contributed by atoms with van der Waals surface area (Å²) < 4.78 is 0. The molecule has 8 heteroatoms. The number of carbonyl (C=O) groups is 1. The summed E-state index contributed by atoms with van der Waals surface area (Å²) in [4.78, 5) is 35.9. The van der Waals surface area contributed by atoms with Gasteiger partial charge in [-0.2, -0.15) is 0 Å². The molecule has 8 nitrogen and oxygen atoms in total. The van der Waals surface area contributed by atoms with Gasteiger partial charge in [-0.15, -0.1) is 6.58 Å². The van der Waals surface area contributed by atoms with E-state index in [1.54, 1.807) is 41.6 Å².